The van der Waals surface area contributed by atoms with Crippen molar-refractivity contribution in [2.75, 3.05) is 12.4 Å². The quantitative estimate of drug-likeness (QED) is 0.664. The first-order chi connectivity index (χ1) is 13.5. The molecule has 0 aliphatic heterocycles. The van der Waals surface area contributed by atoms with Gasteiger partial charge in [0.1, 0.15) is 5.82 Å². The number of hydrogen-bond donors (Lipinski definition) is 2. The van der Waals surface area contributed by atoms with E-state index in [1.807, 2.05) is 30.3 Å². The highest BCUT2D eigenvalue weighted by Crippen LogP contribution is 2.30. The molecule has 2 aromatic carbocycles. The van der Waals surface area contributed by atoms with Crippen molar-refractivity contribution in [3.05, 3.63) is 76.8 Å². The summed E-state index contributed by atoms with van der Waals surface area (Å²) in [6.45, 7) is 0. The third-order valence-electron chi connectivity index (χ3n) is 4.15. The normalized spacial score (nSPS) is 11.7. The van der Waals surface area contributed by atoms with Crippen molar-refractivity contribution < 1.29 is 13.9 Å². The zero-order valence-electron chi connectivity index (χ0n) is 15.0. The summed E-state index contributed by atoms with van der Waals surface area (Å²) in [5.74, 6) is -0.633. The van der Waals surface area contributed by atoms with Crippen molar-refractivity contribution >= 4 is 23.4 Å². The van der Waals surface area contributed by atoms with Gasteiger partial charge in [0.2, 0.25) is 0 Å². The van der Waals surface area contributed by atoms with Gasteiger partial charge >= 0.3 is 6.09 Å². The highest BCUT2D eigenvalue weighted by Gasteiger charge is 2.15. The van der Waals surface area contributed by atoms with E-state index >= 15 is 0 Å². The molecule has 144 valence electrons. The van der Waals surface area contributed by atoms with Crippen molar-refractivity contribution in [3.63, 3.8) is 0 Å². The molecule has 0 bridgehead atoms. The molecule has 1 amide bonds. The highest BCUT2D eigenvalue weighted by molar-refractivity contribution is 6.32. The molecule has 28 heavy (non-hydrogen) atoms. The molecule has 0 fully saturated rings. The van der Waals surface area contributed by atoms with E-state index in [1.54, 1.807) is 12.1 Å². The fraction of sp³-hybridized carbons (Fsp3) is 0.150. The van der Waals surface area contributed by atoms with Crippen molar-refractivity contribution in [1.82, 2.24) is 10.2 Å². The van der Waals surface area contributed by atoms with Crippen LogP contribution in [0, 0.1) is 5.82 Å². The number of nitrogens with zero attached hydrogens (tertiary/aromatic N) is 2. The first-order valence-electron chi connectivity index (χ1n) is 8.45. The maximum atomic E-state index is 14.3. The fourth-order valence-electron chi connectivity index (χ4n) is 2.69. The molecular formula is C20H18ClFN4O2. The SMILES string of the molecule is COC(=O)Nc1ccc(-c2cc([C@@H](N)Cc3ccccc3)nnc2Cl)cc1F. The predicted octanol–water partition coefficient (Wildman–Crippen LogP) is 4.36. The topological polar surface area (TPSA) is 90.1 Å². The van der Waals surface area contributed by atoms with E-state index < -0.39 is 18.0 Å². The van der Waals surface area contributed by atoms with E-state index in [1.165, 1.54) is 19.2 Å². The van der Waals surface area contributed by atoms with E-state index in [9.17, 15) is 9.18 Å². The minimum atomic E-state index is -0.760. The van der Waals surface area contributed by atoms with Gasteiger partial charge in [-0.15, -0.1) is 5.10 Å². The van der Waals surface area contributed by atoms with Crippen molar-refractivity contribution in [1.29, 1.82) is 0 Å². The number of amides is 1. The van der Waals surface area contributed by atoms with Crippen molar-refractivity contribution in [2.24, 2.45) is 5.73 Å². The largest absolute Gasteiger partial charge is 0.453 e. The number of methoxy groups -OCH3 is 1. The third-order valence-corrected chi connectivity index (χ3v) is 4.43. The van der Waals surface area contributed by atoms with Gasteiger partial charge in [-0.3, -0.25) is 5.32 Å². The van der Waals surface area contributed by atoms with Gasteiger partial charge in [-0.05, 0) is 35.7 Å². The molecule has 0 saturated heterocycles. The highest BCUT2D eigenvalue weighted by atomic mass is 35.5. The summed E-state index contributed by atoms with van der Waals surface area (Å²) in [7, 11) is 1.20. The molecule has 6 nitrogen and oxygen atoms in total. The Hall–Kier alpha value is -3.03. The zero-order valence-corrected chi connectivity index (χ0v) is 15.8. The number of benzene rings is 2. The fourth-order valence-corrected chi connectivity index (χ4v) is 2.89. The van der Waals surface area contributed by atoms with Crippen LogP contribution >= 0.6 is 11.6 Å². The number of halogens is 2. The minimum absolute atomic E-state index is 0.00487. The Balaban J connectivity index is 1.87. The van der Waals surface area contributed by atoms with Gasteiger partial charge in [0.25, 0.3) is 0 Å². The van der Waals surface area contributed by atoms with Crippen molar-refractivity contribution in [2.45, 2.75) is 12.5 Å². The first-order valence-corrected chi connectivity index (χ1v) is 8.83. The van der Waals surface area contributed by atoms with E-state index in [2.05, 4.69) is 20.3 Å². The van der Waals surface area contributed by atoms with Crippen LogP contribution in [0.2, 0.25) is 5.15 Å². The van der Waals surface area contributed by atoms with Crippen LogP contribution in [0.1, 0.15) is 17.3 Å². The Morgan fingerprint density at radius 1 is 1.21 bits per heavy atom. The van der Waals surface area contributed by atoms with E-state index in [0.29, 0.717) is 23.2 Å². The maximum absolute atomic E-state index is 14.3. The van der Waals surface area contributed by atoms with Crippen LogP contribution in [-0.2, 0) is 11.2 Å². The summed E-state index contributed by atoms with van der Waals surface area (Å²) >= 11 is 6.17. The average Bonchev–Trinajstić information content (AvgIpc) is 2.70. The Morgan fingerprint density at radius 2 is 1.96 bits per heavy atom. The first kappa shape index (κ1) is 19.7. The van der Waals surface area contributed by atoms with Crippen LogP contribution in [-0.4, -0.2) is 23.4 Å². The molecule has 1 atom stereocenters. The summed E-state index contributed by atoms with van der Waals surface area (Å²) in [5, 5.41) is 10.5. The average molecular weight is 401 g/mol. The lowest BCUT2D eigenvalue weighted by Crippen LogP contribution is -2.16. The zero-order chi connectivity index (χ0) is 20.1. The standard InChI is InChI=1S/C20H18ClFN4O2/c1-28-20(27)24-17-8-7-13(10-15(17)22)14-11-18(25-26-19(14)21)16(23)9-12-5-3-2-4-6-12/h2-8,10-11,16H,9,23H2,1H3,(H,24,27)/t16-/m0/s1. The number of carbonyl (C=O) groups is 1. The van der Waals surface area contributed by atoms with Crippen LogP contribution in [0.3, 0.4) is 0 Å². The van der Waals surface area contributed by atoms with E-state index in [0.717, 1.165) is 5.56 Å². The summed E-state index contributed by atoms with van der Waals surface area (Å²) < 4.78 is 18.8. The molecule has 3 aromatic rings. The molecule has 1 heterocycles. The molecule has 0 unspecified atom stereocenters. The summed E-state index contributed by atoms with van der Waals surface area (Å²) in [5.41, 5.74) is 8.86. The van der Waals surface area contributed by atoms with Crippen LogP contribution < -0.4 is 11.1 Å². The molecule has 3 N–H and O–H groups in total. The Kier molecular flexibility index (Phi) is 6.18. The van der Waals surface area contributed by atoms with Crippen molar-refractivity contribution in [3.8, 4) is 11.1 Å². The Bertz CT molecular complexity index is 985. The molecule has 0 saturated carbocycles. The molecule has 8 heteroatoms. The maximum Gasteiger partial charge on any atom is 0.411 e. The number of rotatable bonds is 5. The van der Waals surface area contributed by atoms with Crippen LogP contribution in [0.15, 0.2) is 54.6 Å². The summed E-state index contributed by atoms with van der Waals surface area (Å²) in [6.07, 6.45) is -0.183. The second-order valence-electron chi connectivity index (χ2n) is 6.08. The van der Waals surface area contributed by atoms with Crippen LogP contribution in [0.4, 0.5) is 14.9 Å². The lowest BCUT2D eigenvalue weighted by Gasteiger charge is -2.13. The Labute approximate surface area is 166 Å². The number of ether oxygens (including phenoxy) is 1. The predicted molar refractivity (Wildman–Crippen MR) is 106 cm³/mol. The van der Waals surface area contributed by atoms with Crippen LogP contribution in [0.25, 0.3) is 11.1 Å². The number of anilines is 1. The van der Waals surface area contributed by atoms with E-state index in [-0.39, 0.29) is 10.8 Å². The van der Waals surface area contributed by atoms with Gasteiger partial charge in [0, 0.05) is 5.56 Å². The molecule has 0 radical (unpaired) electrons. The number of aromatic nitrogens is 2. The van der Waals surface area contributed by atoms with Gasteiger partial charge in [0.15, 0.2) is 5.15 Å². The van der Waals surface area contributed by atoms with Gasteiger partial charge in [0.05, 0.1) is 24.5 Å². The molecule has 0 aliphatic carbocycles. The van der Waals surface area contributed by atoms with E-state index in [4.69, 9.17) is 17.3 Å². The Morgan fingerprint density at radius 3 is 2.64 bits per heavy atom. The molecule has 3 rings (SSSR count). The monoisotopic (exact) mass is 400 g/mol. The number of hydrogen-bond acceptors (Lipinski definition) is 5. The lowest BCUT2D eigenvalue weighted by molar-refractivity contribution is 0.187. The third kappa shape index (κ3) is 4.62. The van der Waals surface area contributed by atoms with Gasteiger partial charge < -0.3 is 10.5 Å². The minimum Gasteiger partial charge on any atom is -0.453 e. The molecule has 0 aliphatic rings. The second-order valence-corrected chi connectivity index (χ2v) is 6.44. The summed E-state index contributed by atoms with van der Waals surface area (Å²) in [6, 6.07) is 15.4. The lowest BCUT2D eigenvalue weighted by atomic mass is 10.0. The smallest absolute Gasteiger partial charge is 0.411 e. The van der Waals surface area contributed by atoms with Gasteiger partial charge in [-0.2, -0.15) is 5.10 Å². The van der Waals surface area contributed by atoms with Gasteiger partial charge in [-0.25, -0.2) is 9.18 Å². The molecule has 1 aromatic heterocycles. The summed E-state index contributed by atoms with van der Waals surface area (Å²) in [4.78, 5) is 11.3. The molecule has 0 spiro atoms. The van der Waals surface area contributed by atoms with Gasteiger partial charge in [-0.1, -0.05) is 48.0 Å². The number of carbonyl (C=O) groups excluding carboxylic acids is 1. The molecular weight excluding hydrogens is 383 g/mol. The van der Waals surface area contributed by atoms with Crippen LogP contribution in [0.5, 0.6) is 0 Å². The number of nitrogens with two attached hydrogens (primary N) is 1. The number of nitrogens with one attached hydrogen (secondary N) is 1. The second kappa shape index (κ2) is 8.77.